The largest absolute Gasteiger partial charge is 0.465 e. The Bertz CT molecular complexity index is 1350. The molecule has 0 unspecified atom stereocenters. The van der Waals surface area contributed by atoms with Crippen LogP contribution in [-0.2, 0) is 27.4 Å². The molecule has 0 aliphatic rings. The van der Waals surface area contributed by atoms with Gasteiger partial charge in [0, 0.05) is 29.6 Å². The quantitative estimate of drug-likeness (QED) is 0.362. The highest BCUT2D eigenvalue weighted by atomic mass is 19.1. The number of hydrogen-bond donors (Lipinski definition) is 1. The fourth-order valence-electron chi connectivity index (χ4n) is 4.27. The first-order valence-electron chi connectivity index (χ1n) is 11.3. The molecule has 3 aromatic carbocycles. The van der Waals surface area contributed by atoms with Crippen LogP contribution in [0.25, 0.3) is 21.7 Å². The zero-order valence-electron chi connectivity index (χ0n) is 19.3. The lowest BCUT2D eigenvalue weighted by Crippen LogP contribution is -2.25. The van der Waals surface area contributed by atoms with Gasteiger partial charge in [0.15, 0.2) is 0 Å². The van der Waals surface area contributed by atoms with Gasteiger partial charge in [-0.2, -0.15) is 0 Å². The van der Waals surface area contributed by atoms with Crippen molar-refractivity contribution in [3.8, 4) is 0 Å². The molecule has 0 fully saturated rings. The Kier molecular flexibility index (Phi) is 7.23. The summed E-state index contributed by atoms with van der Waals surface area (Å²) >= 11 is 0. The van der Waals surface area contributed by atoms with E-state index in [-0.39, 0.29) is 31.5 Å². The van der Waals surface area contributed by atoms with Crippen molar-refractivity contribution in [2.45, 2.75) is 26.9 Å². The minimum absolute atomic E-state index is 0.0260. The van der Waals surface area contributed by atoms with E-state index in [1.807, 2.05) is 47.0 Å². The van der Waals surface area contributed by atoms with Gasteiger partial charge in [0.05, 0.1) is 19.8 Å². The second kappa shape index (κ2) is 10.5. The molecule has 6 nitrogen and oxygen atoms in total. The van der Waals surface area contributed by atoms with Crippen molar-refractivity contribution in [1.29, 1.82) is 0 Å². The number of nitrogens with zero attached hydrogens (tertiary/aromatic N) is 1. The molecule has 4 aromatic rings. The third-order valence-corrected chi connectivity index (χ3v) is 5.68. The first kappa shape index (κ1) is 23.4. The molecule has 176 valence electrons. The molecule has 4 rings (SSSR count). The molecule has 0 spiro atoms. The first-order chi connectivity index (χ1) is 16.5. The Hall–Kier alpha value is -3.71. The van der Waals surface area contributed by atoms with Gasteiger partial charge in [-0.3, -0.25) is 4.79 Å². The second-order valence-electron chi connectivity index (χ2n) is 7.84. The van der Waals surface area contributed by atoms with Crippen molar-refractivity contribution in [2.75, 3.05) is 19.8 Å². The number of para-hydroxylation sites is 1. The number of ether oxygens (including phenoxy) is 2. The van der Waals surface area contributed by atoms with Crippen LogP contribution in [-0.4, -0.2) is 36.3 Å². The third kappa shape index (κ3) is 4.79. The van der Waals surface area contributed by atoms with Crippen molar-refractivity contribution in [2.24, 2.45) is 0 Å². The van der Waals surface area contributed by atoms with Crippen molar-refractivity contribution < 1.29 is 23.5 Å². The maximum Gasteiger partial charge on any atom is 0.355 e. The number of carbonyl (C=O) groups excluding carboxylic acids is 2. The molecular weight excluding hydrogens is 435 g/mol. The molecule has 0 aliphatic carbocycles. The number of carbonyl (C=O) groups is 2. The molecule has 0 bridgehead atoms. The van der Waals surface area contributed by atoms with Gasteiger partial charge in [-0.05, 0) is 48.4 Å². The average Bonchev–Trinajstić information content (AvgIpc) is 3.13. The van der Waals surface area contributed by atoms with Gasteiger partial charge < -0.3 is 19.4 Å². The molecular formula is C27H27FN2O4. The lowest BCUT2D eigenvalue weighted by atomic mass is 10.0. The predicted molar refractivity (Wildman–Crippen MR) is 129 cm³/mol. The lowest BCUT2D eigenvalue weighted by molar-refractivity contribution is -0.142. The van der Waals surface area contributed by atoms with Crippen LogP contribution in [0.5, 0.6) is 0 Å². The van der Waals surface area contributed by atoms with Crippen LogP contribution < -0.4 is 5.32 Å². The number of rotatable bonds is 9. The molecule has 34 heavy (non-hydrogen) atoms. The first-order valence-corrected chi connectivity index (χ1v) is 11.3. The summed E-state index contributed by atoms with van der Waals surface area (Å²) in [6.07, 6.45) is 0. The Labute approximate surface area is 197 Å². The topological polar surface area (TPSA) is 69.6 Å². The number of aromatic nitrogens is 1. The van der Waals surface area contributed by atoms with Crippen LogP contribution in [0.4, 0.5) is 4.39 Å². The summed E-state index contributed by atoms with van der Waals surface area (Å²) in [5.74, 6) is -1.12. The van der Waals surface area contributed by atoms with Crippen LogP contribution in [0.1, 0.15) is 35.5 Å². The fourth-order valence-corrected chi connectivity index (χ4v) is 4.27. The van der Waals surface area contributed by atoms with Gasteiger partial charge in [-0.25, -0.2) is 9.18 Å². The number of benzene rings is 3. The normalized spacial score (nSPS) is 11.1. The highest BCUT2D eigenvalue weighted by Gasteiger charge is 2.24. The van der Waals surface area contributed by atoms with Crippen LogP contribution in [0, 0.1) is 5.82 Å². The minimum Gasteiger partial charge on any atom is -0.465 e. The maximum absolute atomic E-state index is 14.1. The molecule has 0 saturated heterocycles. The highest BCUT2D eigenvalue weighted by molar-refractivity contribution is 5.99. The summed E-state index contributed by atoms with van der Waals surface area (Å²) in [5.41, 5.74) is 2.89. The zero-order valence-corrected chi connectivity index (χ0v) is 19.3. The van der Waals surface area contributed by atoms with Crippen molar-refractivity contribution >= 4 is 33.6 Å². The molecule has 7 heteroatoms. The number of halogens is 1. The summed E-state index contributed by atoms with van der Waals surface area (Å²) in [4.78, 5) is 24.9. The van der Waals surface area contributed by atoms with Crippen LogP contribution in [0.3, 0.4) is 0 Å². The molecule has 1 heterocycles. The molecule has 0 saturated carbocycles. The van der Waals surface area contributed by atoms with Gasteiger partial charge in [-0.15, -0.1) is 0 Å². The van der Waals surface area contributed by atoms with Gasteiger partial charge in [0.1, 0.15) is 11.5 Å². The van der Waals surface area contributed by atoms with Gasteiger partial charge in [0.25, 0.3) is 0 Å². The lowest BCUT2D eigenvalue weighted by Gasteiger charge is -2.14. The van der Waals surface area contributed by atoms with Crippen LogP contribution in [0.15, 0.2) is 60.7 Å². The summed E-state index contributed by atoms with van der Waals surface area (Å²) in [7, 11) is 0. The molecule has 1 aromatic heterocycles. The minimum atomic E-state index is -0.446. The van der Waals surface area contributed by atoms with E-state index in [4.69, 9.17) is 9.47 Å². The van der Waals surface area contributed by atoms with E-state index < -0.39 is 5.97 Å². The molecule has 0 radical (unpaired) electrons. The predicted octanol–water partition coefficient (Wildman–Crippen LogP) is 4.81. The van der Waals surface area contributed by atoms with Crippen molar-refractivity contribution in [3.05, 3.63) is 83.3 Å². The Morgan fingerprint density at radius 1 is 0.941 bits per heavy atom. The smallest absolute Gasteiger partial charge is 0.355 e. The molecule has 0 amide bonds. The van der Waals surface area contributed by atoms with E-state index in [9.17, 15) is 14.0 Å². The molecule has 0 atom stereocenters. The Morgan fingerprint density at radius 3 is 2.53 bits per heavy atom. The van der Waals surface area contributed by atoms with Gasteiger partial charge in [0.2, 0.25) is 0 Å². The third-order valence-electron chi connectivity index (χ3n) is 5.68. The van der Waals surface area contributed by atoms with E-state index >= 15 is 0 Å². The summed E-state index contributed by atoms with van der Waals surface area (Å²) in [6, 6.07) is 18.2. The van der Waals surface area contributed by atoms with E-state index in [0.29, 0.717) is 18.8 Å². The highest BCUT2D eigenvalue weighted by Crippen LogP contribution is 2.30. The standard InChI is InChI=1S/C27H27FN2O4/c1-3-33-25(31)16-29-15-23-21-10-5-6-11-24(21)30(26(23)27(32)34-4-2)17-19-9-7-8-18-12-13-20(28)14-22(18)19/h5-14,29H,3-4,15-17H2,1-2H3. The number of hydrogen-bond acceptors (Lipinski definition) is 5. The molecule has 1 N–H and O–H groups in total. The van der Waals surface area contributed by atoms with E-state index in [1.165, 1.54) is 12.1 Å². The number of fused-ring (bicyclic) bond motifs is 2. The van der Waals surface area contributed by atoms with E-state index in [1.54, 1.807) is 19.9 Å². The molecule has 0 aliphatic heterocycles. The SMILES string of the molecule is CCOC(=O)CNCc1c(C(=O)OCC)n(Cc2cccc3ccc(F)cc23)c2ccccc12. The summed E-state index contributed by atoms with van der Waals surface area (Å²) in [5, 5.41) is 5.68. The monoisotopic (exact) mass is 462 g/mol. The average molecular weight is 463 g/mol. The zero-order chi connectivity index (χ0) is 24.1. The summed E-state index contributed by atoms with van der Waals surface area (Å²) < 4.78 is 26.4. The maximum atomic E-state index is 14.1. The Morgan fingerprint density at radius 2 is 1.74 bits per heavy atom. The van der Waals surface area contributed by atoms with Gasteiger partial charge >= 0.3 is 11.9 Å². The van der Waals surface area contributed by atoms with E-state index in [2.05, 4.69) is 5.32 Å². The van der Waals surface area contributed by atoms with Crippen molar-refractivity contribution in [3.63, 3.8) is 0 Å². The summed E-state index contributed by atoms with van der Waals surface area (Å²) in [6.45, 7) is 4.71. The second-order valence-corrected chi connectivity index (χ2v) is 7.84. The fraction of sp³-hybridized carbons (Fsp3) is 0.259. The van der Waals surface area contributed by atoms with Crippen LogP contribution in [0.2, 0.25) is 0 Å². The van der Waals surface area contributed by atoms with E-state index in [0.717, 1.165) is 32.8 Å². The van der Waals surface area contributed by atoms with Gasteiger partial charge in [-0.1, -0.05) is 42.5 Å². The number of esters is 2. The van der Waals surface area contributed by atoms with Crippen LogP contribution >= 0.6 is 0 Å². The number of nitrogens with one attached hydrogen (secondary N) is 1. The van der Waals surface area contributed by atoms with Crippen molar-refractivity contribution in [1.82, 2.24) is 9.88 Å². The Balaban J connectivity index is 1.81.